The van der Waals surface area contributed by atoms with Crippen LogP contribution in [0.1, 0.15) is 5.56 Å². The average Bonchev–Trinajstić information content (AvgIpc) is 2.32. The van der Waals surface area contributed by atoms with Crippen LogP contribution in [0.4, 0.5) is 11.6 Å². The Morgan fingerprint density at radius 3 is 3.12 bits per heavy atom. The van der Waals surface area contributed by atoms with Crippen molar-refractivity contribution in [2.24, 2.45) is 0 Å². The van der Waals surface area contributed by atoms with Crippen molar-refractivity contribution >= 4 is 11.6 Å². The summed E-state index contributed by atoms with van der Waals surface area (Å²) in [4.78, 5) is 8.03. The minimum Gasteiger partial charge on any atom is -0.383 e. The Morgan fingerprint density at radius 2 is 2.38 bits per heavy atom. The fourth-order valence-corrected chi connectivity index (χ4v) is 1.51. The maximum absolute atomic E-state index is 5.68. The van der Waals surface area contributed by atoms with Crippen LogP contribution in [0.2, 0.25) is 0 Å². The second-order valence-electron chi connectivity index (χ2n) is 3.68. The fourth-order valence-electron chi connectivity index (χ4n) is 1.51. The molecule has 0 bridgehead atoms. The number of anilines is 2. The lowest BCUT2D eigenvalue weighted by molar-refractivity contribution is -0.0819. The second-order valence-corrected chi connectivity index (χ2v) is 3.68. The van der Waals surface area contributed by atoms with E-state index in [1.807, 2.05) is 6.92 Å². The molecule has 88 valence electrons. The number of hydrogen-bond donors (Lipinski definition) is 2. The smallest absolute Gasteiger partial charge is 0.134 e. The molecular weight excluding hydrogens is 208 g/mol. The van der Waals surface area contributed by atoms with E-state index in [2.05, 4.69) is 15.3 Å². The predicted octanol–water partition coefficient (Wildman–Crippen LogP) is 0.195. The summed E-state index contributed by atoms with van der Waals surface area (Å²) in [6.45, 7) is 4.49. The molecule has 16 heavy (non-hydrogen) atoms. The van der Waals surface area contributed by atoms with Crippen molar-refractivity contribution in [2.75, 3.05) is 37.4 Å². The summed E-state index contributed by atoms with van der Waals surface area (Å²) < 4.78 is 10.8. The van der Waals surface area contributed by atoms with E-state index in [4.69, 9.17) is 15.2 Å². The molecule has 1 aromatic rings. The number of rotatable bonds is 3. The molecule has 6 nitrogen and oxygen atoms in total. The maximum Gasteiger partial charge on any atom is 0.134 e. The summed E-state index contributed by atoms with van der Waals surface area (Å²) in [5.74, 6) is 1.25. The third-order valence-electron chi connectivity index (χ3n) is 2.51. The van der Waals surface area contributed by atoms with E-state index >= 15 is 0 Å². The Kier molecular flexibility index (Phi) is 3.53. The number of hydrogen-bond acceptors (Lipinski definition) is 6. The van der Waals surface area contributed by atoms with Gasteiger partial charge in [0.1, 0.15) is 18.0 Å². The van der Waals surface area contributed by atoms with Gasteiger partial charge in [0.05, 0.1) is 25.9 Å². The summed E-state index contributed by atoms with van der Waals surface area (Å²) in [6, 6.07) is 0. The monoisotopic (exact) mass is 224 g/mol. The number of nitrogens with zero attached hydrogens (tertiary/aromatic N) is 2. The maximum atomic E-state index is 5.68. The van der Waals surface area contributed by atoms with Gasteiger partial charge in [0, 0.05) is 12.1 Å². The van der Waals surface area contributed by atoms with Gasteiger partial charge in [-0.25, -0.2) is 9.97 Å². The van der Waals surface area contributed by atoms with Crippen LogP contribution < -0.4 is 11.1 Å². The van der Waals surface area contributed by atoms with Gasteiger partial charge in [-0.1, -0.05) is 0 Å². The van der Waals surface area contributed by atoms with Gasteiger partial charge < -0.3 is 20.5 Å². The number of ether oxygens (including phenoxy) is 2. The number of nitrogens with one attached hydrogen (secondary N) is 1. The van der Waals surface area contributed by atoms with Gasteiger partial charge in [0.15, 0.2) is 0 Å². The van der Waals surface area contributed by atoms with Crippen molar-refractivity contribution in [2.45, 2.75) is 13.0 Å². The first-order valence-electron chi connectivity index (χ1n) is 5.27. The van der Waals surface area contributed by atoms with Gasteiger partial charge in [-0.2, -0.15) is 0 Å². The van der Waals surface area contributed by atoms with Gasteiger partial charge in [-0.15, -0.1) is 0 Å². The summed E-state index contributed by atoms with van der Waals surface area (Å²) in [5.41, 5.74) is 6.54. The zero-order chi connectivity index (χ0) is 11.4. The molecule has 2 heterocycles. The highest BCUT2D eigenvalue weighted by molar-refractivity contribution is 5.53. The zero-order valence-electron chi connectivity index (χ0n) is 9.27. The van der Waals surface area contributed by atoms with Gasteiger partial charge in [0.25, 0.3) is 0 Å². The van der Waals surface area contributed by atoms with E-state index in [9.17, 15) is 0 Å². The third-order valence-corrected chi connectivity index (χ3v) is 2.51. The van der Waals surface area contributed by atoms with E-state index in [-0.39, 0.29) is 6.10 Å². The second kappa shape index (κ2) is 5.09. The minimum atomic E-state index is 0.0735. The van der Waals surface area contributed by atoms with Gasteiger partial charge >= 0.3 is 0 Å². The molecule has 0 saturated carbocycles. The molecule has 0 aliphatic carbocycles. The molecule has 1 aliphatic rings. The van der Waals surface area contributed by atoms with E-state index in [0.29, 0.717) is 32.2 Å². The van der Waals surface area contributed by atoms with Crippen LogP contribution in [0.25, 0.3) is 0 Å². The Morgan fingerprint density at radius 1 is 1.50 bits per heavy atom. The van der Waals surface area contributed by atoms with E-state index in [1.165, 1.54) is 6.33 Å². The normalized spacial score (nSPS) is 20.7. The van der Waals surface area contributed by atoms with Crippen molar-refractivity contribution in [1.82, 2.24) is 9.97 Å². The Labute approximate surface area is 94.2 Å². The lowest BCUT2D eigenvalue weighted by Gasteiger charge is -2.23. The number of nitrogens with two attached hydrogens (primary N) is 1. The SMILES string of the molecule is Cc1c(N)ncnc1NCC1COCCO1. The average molecular weight is 224 g/mol. The van der Waals surface area contributed by atoms with Crippen LogP contribution in [-0.2, 0) is 9.47 Å². The molecular formula is C10H16N4O2. The highest BCUT2D eigenvalue weighted by atomic mass is 16.6. The summed E-state index contributed by atoms with van der Waals surface area (Å²) >= 11 is 0. The molecule has 2 rings (SSSR count). The molecule has 1 aromatic heterocycles. The van der Waals surface area contributed by atoms with Crippen molar-refractivity contribution < 1.29 is 9.47 Å². The van der Waals surface area contributed by atoms with Crippen LogP contribution in [0.5, 0.6) is 0 Å². The molecule has 1 fully saturated rings. The van der Waals surface area contributed by atoms with Crippen molar-refractivity contribution in [3.63, 3.8) is 0 Å². The van der Waals surface area contributed by atoms with Crippen LogP contribution in [0.3, 0.4) is 0 Å². The first-order chi connectivity index (χ1) is 7.77. The predicted molar refractivity (Wildman–Crippen MR) is 60.2 cm³/mol. The molecule has 6 heteroatoms. The molecule has 3 N–H and O–H groups in total. The lowest BCUT2D eigenvalue weighted by atomic mass is 10.3. The Bertz CT molecular complexity index is 353. The van der Waals surface area contributed by atoms with Crippen molar-refractivity contribution in [3.8, 4) is 0 Å². The molecule has 0 amide bonds. The number of nitrogen functional groups attached to an aromatic ring is 1. The topological polar surface area (TPSA) is 82.3 Å². The van der Waals surface area contributed by atoms with Crippen LogP contribution in [0, 0.1) is 6.92 Å². The largest absolute Gasteiger partial charge is 0.383 e. The summed E-state index contributed by atoms with van der Waals surface area (Å²) in [7, 11) is 0. The van der Waals surface area contributed by atoms with Gasteiger partial charge in [0.2, 0.25) is 0 Å². The Balaban J connectivity index is 1.91. The third kappa shape index (κ3) is 2.59. The van der Waals surface area contributed by atoms with Crippen LogP contribution in [-0.4, -0.2) is 42.4 Å². The summed E-state index contributed by atoms with van der Waals surface area (Å²) in [6.07, 6.45) is 1.52. The van der Waals surface area contributed by atoms with E-state index < -0.39 is 0 Å². The summed E-state index contributed by atoms with van der Waals surface area (Å²) in [5, 5.41) is 3.19. The molecule has 1 saturated heterocycles. The zero-order valence-corrected chi connectivity index (χ0v) is 9.27. The molecule has 1 aliphatic heterocycles. The van der Waals surface area contributed by atoms with Gasteiger partial charge in [-0.3, -0.25) is 0 Å². The molecule has 0 radical (unpaired) electrons. The first kappa shape index (κ1) is 11.1. The first-order valence-corrected chi connectivity index (χ1v) is 5.27. The van der Waals surface area contributed by atoms with E-state index in [1.54, 1.807) is 0 Å². The standard InChI is InChI=1S/C10H16N4O2/c1-7-9(11)13-6-14-10(7)12-4-8-5-15-2-3-16-8/h6,8H,2-5H2,1H3,(H3,11,12,13,14). The quantitative estimate of drug-likeness (QED) is 0.763. The minimum absolute atomic E-state index is 0.0735. The molecule has 0 aromatic carbocycles. The lowest BCUT2D eigenvalue weighted by Crippen LogP contribution is -2.34. The van der Waals surface area contributed by atoms with Crippen molar-refractivity contribution in [3.05, 3.63) is 11.9 Å². The number of aromatic nitrogens is 2. The highest BCUT2D eigenvalue weighted by Crippen LogP contribution is 2.15. The highest BCUT2D eigenvalue weighted by Gasteiger charge is 2.14. The Hall–Kier alpha value is -1.40. The van der Waals surface area contributed by atoms with Crippen molar-refractivity contribution in [1.29, 1.82) is 0 Å². The van der Waals surface area contributed by atoms with Crippen LogP contribution >= 0.6 is 0 Å². The van der Waals surface area contributed by atoms with Crippen LogP contribution in [0.15, 0.2) is 6.33 Å². The molecule has 1 atom stereocenters. The molecule has 1 unspecified atom stereocenters. The van der Waals surface area contributed by atoms with E-state index in [0.717, 1.165) is 11.4 Å². The van der Waals surface area contributed by atoms with Gasteiger partial charge in [-0.05, 0) is 6.92 Å². The fraction of sp³-hybridized carbons (Fsp3) is 0.600. The molecule has 0 spiro atoms.